The Balaban J connectivity index is 2.28. The van der Waals surface area contributed by atoms with Crippen molar-refractivity contribution in [1.82, 2.24) is 0 Å². The van der Waals surface area contributed by atoms with E-state index in [0.717, 1.165) is 0 Å². The molecule has 4 N–H and O–H groups in total. The first kappa shape index (κ1) is 19.3. The second-order valence-electron chi connectivity index (χ2n) is 7.06. The van der Waals surface area contributed by atoms with Gasteiger partial charge in [-0.3, -0.25) is 9.98 Å². The Morgan fingerprint density at radius 2 is 1.00 bits per heavy atom. The summed E-state index contributed by atoms with van der Waals surface area (Å²) < 4.78 is 0. The number of aliphatic imine (C=N–C) groups is 2. The molecule has 2 rings (SSSR count). The molecular formula is C20H24N2O4. The van der Waals surface area contributed by atoms with Crippen LogP contribution in [0.2, 0.25) is 0 Å². The van der Waals surface area contributed by atoms with Crippen LogP contribution in [0.3, 0.4) is 0 Å². The maximum atomic E-state index is 9.88. The van der Waals surface area contributed by atoms with Crippen molar-refractivity contribution in [3.8, 4) is 23.0 Å². The number of rotatable bonds is 5. The van der Waals surface area contributed by atoms with E-state index in [-0.39, 0.29) is 23.0 Å². The molecule has 2 aromatic rings. The summed E-state index contributed by atoms with van der Waals surface area (Å²) >= 11 is 0. The van der Waals surface area contributed by atoms with Crippen LogP contribution >= 0.6 is 0 Å². The summed E-state index contributed by atoms with van der Waals surface area (Å²) in [5.41, 5.74) is -0.506. The molecule has 0 aliphatic rings. The van der Waals surface area contributed by atoms with Crippen LogP contribution in [-0.2, 0) is 0 Å². The minimum atomic E-state index is -0.659. The molecule has 2 aromatic carbocycles. The van der Waals surface area contributed by atoms with Gasteiger partial charge in [0.25, 0.3) is 0 Å². The molecule has 0 saturated heterocycles. The molecule has 26 heavy (non-hydrogen) atoms. The molecule has 0 unspecified atom stereocenters. The highest BCUT2D eigenvalue weighted by Crippen LogP contribution is 2.32. The number of aromatic hydroxyl groups is 4. The number of para-hydroxylation sites is 2. The normalized spacial score (nSPS) is 12.9. The highest BCUT2D eigenvalue weighted by atomic mass is 16.3. The highest BCUT2D eigenvalue weighted by molar-refractivity contribution is 5.86. The molecule has 6 heteroatoms. The lowest BCUT2D eigenvalue weighted by molar-refractivity contribution is 0.317. The summed E-state index contributed by atoms with van der Waals surface area (Å²) in [6.07, 6.45) is 3.00. The van der Waals surface area contributed by atoms with Gasteiger partial charge in [0.2, 0.25) is 0 Å². The molecule has 0 aliphatic carbocycles. The van der Waals surface area contributed by atoms with Gasteiger partial charge < -0.3 is 20.4 Å². The predicted octanol–water partition coefficient (Wildman–Crippen LogP) is 3.60. The molecular weight excluding hydrogens is 332 g/mol. The van der Waals surface area contributed by atoms with E-state index in [1.54, 1.807) is 24.3 Å². The monoisotopic (exact) mass is 356 g/mol. The minimum Gasteiger partial charge on any atom is -0.504 e. The van der Waals surface area contributed by atoms with Gasteiger partial charge in [-0.25, -0.2) is 0 Å². The number of hydrogen-bond acceptors (Lipinski definition) is 6. The zero-order valence-corrected chi connectivity index (χ0v) is 15.3. The summed E-state index contributed by atoms with van der Waals surface area (Å²) in [6.45, 7) is 7.57. The summed E-state index contributed by atoms with van der Waals surface area (Å²) in [6, 6.07) is 9.34. The molecule has 6 nitrogen and oxygen atoms in total. The molecule has 0 radical (unpaired) electrons. The van der Waals surface area contributed by atoms with Crippen molar-refractivity contribution >= 4 is 12.4 Å². The summed E-state index contributed by atoms with van der Waals surface area (Å²) in [5.74, 6) is -0.858. The standard InChI is InChI=1S/C20H24N2O4/c1-19(2,21-11-13-7-5-9-15(23)17(13)25)20(3,4)22-12-14-8-6-10-16(24)18(14)26/h5-12,23-26H,1-4H3. The van der Waals surface area contributed by atoms with Crippen LogP contribution in [0.1, 0.15) is 38.8 Å². The SMILES string of the molecule is CC(C)(N=Cc1cccc(O)c1O)C(C)(C)N=Cc1cccc(O)c1O. The number of phenols is 4. The van der Waals surface area contributed by atoms with E-state index in [2.05, 4.69) is 9.98 Å². The molecule has 0 amide bonds. The molecule has 0 aliphatic heterocycles. The fourth-order valence-corrected chi connectivity index (χ4v) is 2.08. The van der Waals surface area contributed by atoms with E-state index in [4.69, 9.17) is 0 Å². The van der Waals surface area contributed by atoms with Crippen molar-refractivity contribution in [3.63, 3.8) is 0 Å². The Bertz CT molecular complexity index is 783. The summed E-state index contributed by atoms with van der Waals surface area (Å²) in [5, 5.41) is 38.9. The first-order valence-electron chi connectivity index (χ1n) is 8.17. The van der Waals surface area contributed by atoms with Gasteiger partial charge in [-0.2, -0.15) is 0 Å². The lowest BCUT2D eigenvalue weighted by Crippen LogP contribution is -2.42. The van der Waals surface area contributed by atoms with E-state index < -0.39 is 11.1 Å². The van der Waals surface area contributed by atoms with Gasteiger partial charge in [0.1, 0.15) is 0 Å². The van der Waals surface area contributed by atoms with Crippen LogP contribution in [0, 0.1) is 0 Å². The molecule has 0 fully saturated rings. The van der Waals surface area contributed by atoms with Crippen LogP contribution in [0.15, 0.2) is 46.4 Å². The topological polar surface area (TPSA) is 106 Å². The molecule has 0 aromatic heterocycles. The van der Waals surface area contributed by atoms with E-state index in [9.17, 15) is 20.4 Å². The van der Waals surface area contributed by atoms with Gasteiger partial charge in [0, 0.05) is 23.6 Å². The van der Waals surface area contributed by atoms with Gasteiger partial charge in [-0.1, -0.05) is 12.1 Å². The third-order valence-corrected chi connectivity index (χ3v) is 4.64. The van der Waals surface area contributed by atoms with Crippen molar-refractivity contribution in [2.24, 2.45) is 9.98 Å². The number of phenolic OH excluding ortho intramolecular Hbond substituents is 4. The smallest absolute Gasteiger partial charge is 0.166 e. The average Bonchev–Trinajstić information content (AvgIpc) is 2.57. The molecule has 0 saturated carbocycles. The van der Waals surface area contributed by atoms with E-state index in [1.807, 2.05) is 27.7 Å². The average molecular weight is 356 g/mol. The molecule has 138 valence electrons. The second kappa shape index (κ2) is 7.07. The van der Waals surface area contributed by atoms with Crippen molar-refractivity contribution in [1.29, 1.82) is 0 Å². The van der Waals surface area contributed by atoms with E-state index in [0.29, 0.717) is 11.1 Å². The Labute approximate surface area is 152 Å². The van der Waals surface area contributed by atoms with Gasteiger partial charge >= 0.3 is 0 Å². The van der Waals surface area contributed by atoms with E-state index >= 15 is 0 Å². The third kappa shape index (κ3) is 3.96. The van der Waals surface area contributed by atoms with Gasteiger partial charge in [-0.05, 0) is 52.0 Å². The highest BCUT2D eigenvalue weighted by Gasteiger charge is 2.35. The van der Waals surface area contributed by atoms with Crippen LogP contribution in [0.4, 0.5) is 0 Å². The Hall–Kier alpha value is -3.02. The van der Waals surface area contributed by atoms with Gasteiger partial charge in [0.15, 0.2) is 23.0 Å². The maximum Gasteiger partial charge on any atom is 0.166 e. The number of benzene rings is 2. The fourth-order valence-electron chi connectivity index (χ4n) is 2.08. The van der Waals surface area contributed by atoms with Gasteiger partial charge in [-0.15, -0.1) is 0 Å². The summed E-state index contributed by atoms with van der Waals surface area (Å²) in [7, 11) is 0. The largest absolute Gasteiger partial charge is 0.504 e. The predicted molar refractivity (Wildman–Crippen MR) is 103 cm³/mol. The minimum absolute atomic E-state index is 0.205. The first-order valence-corrected chi connectivity index (χ1v) is 8.17. The van der Waals surface area contributed by atoms with E-state index in [1.165, 1.54) is 24.6 Å². The van der Waals surface area contributed by atoms with Crippen LogP contribution in [0.5, 0.6) is 23.0 Å². The quantitative estimate of drug-likeness (QED) is 0.485. The fraction of sp³-hybridized carbons (Fsp3) is 0.300. The second-order valence-corrected chi connectivity index (χ2v) is 7.06. The number of nitrogens with zero attached hydrogens (tertiary/aromatic N) is 2. The molecule has 0 atom stereocenters. The van der Waals surface area contributed by atoms with Crippen LogP contribution in [-0.4, -0.2) is 43.9 Å². The van der Waals surface area contributed by atoms with Crippen LogP contribution < -0.4 is 0 Å². The summed E-state index contributed by atoms with van der Waals surface area (Å²) in [4.78, 5) is 9.06. The Morgan fingerprint density at radius 1 is 0.654 bits per heavy atom. The van der Waals surface area contributed by atoms with Crippen molar-refractivity contribution in [2.45, 2.75) is 38.8 Å². The number of hydrogen-bond donors (Lipinski definition) is 4. The molecule has 0 heterocycles. The third-order valence-electron chi connectivity index (χ3n) is 4.64. The first-order chi connectivity index (χ1) is 12.0. The van der Waals surface area contributed by atoms with Crippen LogP contribution in [0.25, 0.3) is 0 Å². The molecule has 0 bridgehead atoms. The Morgan fingerprint density at radius 3 is 1.35 bits per heavy atom. The zero-order valence-electron chi connectivity index (χ0n) is 15.3. The van der Waals surface area contributed by atoms with Crippen molar-refractivity contribution in [3.05, 3.63) is 47.5 Å². The maximum absolute atomic E-state index is 9.88. The zero-order chi connectivity index (χ0) is 19.5. The molecule has 0 spiro atoms. The Kier molecular flexibility index (Phi) is 5.25. The lowest BCUT2D eigenvalue weighted by atomic mass is 9.83. The van der Waals surface area contributed by atoms with Crippen molar-refractivity contribution < 1.29 is 20.4 Å². The lowest BCUT2D eigenvalue weighted by Gasteiger charge is -2.35. The van der Waals surface area contributed by atoms with Crippen molar-refractivity contribution in [2.75, 3.05) is 0 Å². The van der Waals surface area contributed by atoms with Gasteiger partial charge in [0.05, 0.1) is 11.1 Å².